The van der Waals surface area contributed by atoms with Crippen LogP contribution in [0.3, 0.4) is 0 Å². The van der Waals surface area contributed by atoms with E-state index >= 15 is 0 Å². The summed E-state index contributed by atoms with van der Waals surface area (Å²) in [5.41, 5.74) is 0. The Bertz CT molecular complexity index is 667. The fourth-order valence-corrected chi connectivity index (χ4v) is 6.35. The van der Waals surface area contributed by atoms with Gasteiger partial charge in [-0.25, -0.2) is 8.42 Å². The zero-order valence-electron chi connectivity index (χ0n) is 14.8. The molecule has 2 fully saturated rings. The molecular weight excluding hydrogens is 356 g/mol. The van der Waals surface area contributed by atoms with Crippen LogP contribution < -0.4 is 10.6 Å². The van der Waals surface area contributed by atoms with Crippen molar-refractivity contribution in [1.29, 1.82) is 0 Å². The Morgan fingerprint density at radius 1 is 1.40 bits per heavy atom. The van der Waals surface area contributed by atoms with E-state index in [4.69, 9.17) is 0 Å². The lowest BCUT2D eigenvalue weighted by Crippen LogP contribution is -2.44. The zero-order chi connectivity index (χ0) is 17.7. The summed E-state index contributed by atoms with van der Waals surface area (Å²) in [5, 5.41) is 8.86. The Kier molecular flexibility index (Phi) is 6.35. The van der Waals surface area contributed by atoms with Gasteiger partial charge in [-0.05, 0) is 49.7 Å². The minimum Gasteiger partial charge on any atom is -0.356 e. The Labute approximate surface area is 154 Å². The second-order valence-corrected chi connectivity index (χ2v) is 10.1. The first-order chi connectivity index (χ1) is 12.1. The van der Waals surface area contributed by atoms with E-state index in [0.717, 1.165) is 32.0 Å². The van der Waals surface area contributed by atoms with Crippen molar-refractivity contribution in [1.82, 2.24) is 15.5 Å². The highest BCUT2D eigenvalue weighted by molar-refractivity contribution is 7.91. The second-order valence-electron chi connectivity index (χ2n) is 6.88. The van der Waals surface area contributed by atoms with Crippen molar-refractivity contribution in [3.05, 3.63) is 22.4 Å². The monoisotopic (exact) mass is 384 g/mol. The third-order valence-electron chi connectivity index (χ3n) is 5.02. The van der Waals surface area contributed by atoms with Crippen molar-refractivity contribution < 1.29 is 8.42 Å². The van der Waals surface area contributed by atoms with Gasteiger partial charge >= 0.3 is 0 Å². The van der Waals surface area contributed by atoms with Crippen LogP contribution in [0.1, 0.15) is 30.2 Å². The number of guanidine groups is 1. The van der Waals surface area contributed by atoms with Crippen LogP contribution in [-0.2, 0) is 9.84 Å². The molecule has 3 rings (SSSR count). The van der Waals surface area contributed by atoms with Crippen LogP contribution in [0.5, 0.6) is 0 Å². The van der Waals surface area contributed by atoms with E-state index in [1.165, 1.54) is 17.7 Å². The average molecular weight is 385 g/mol. The van der Waals surface area contributed by atoms with Crippen molar-refractivity contribution >= 4 is 27.1 Å². The molecule has 0 spiro atoms. The lowest BCUT2D eigenvalue weighted by Gasteiger charge is -2.27. The summed E-state index contributed by atoms with van der Waals surface area (Å²) < 4.78 is 23.1. The molecule has 140 valence electrons. The molecule has 2 aliphatic heterocycles. The molecule has 2 N–H and O–H groups in total. The Balaban J connectivity index is 1.52. The predicted molar refractivity (Wildman–Crippen MR) is 104 cm³/mol. The molecule has 0 saturated carbocycles. The first kappa shape index (κ1) is 18.7. The van der Waals surface area contributed by atoms with Gasteiger partial charge in [-0.3, -0.25) is 9.89 Å². The summed E-state index contributed by atoms with van der Waals surface area (Å²) in [7, 11) is -1.06. The van der Waals surface area contributed by atoms with Gasteiger partial charge in [-0.15, -0.1) is 11.3 Å². The molecule has 3 heterocycles. The Morgan fingerprint density at radius 2 is 2.20 bits per heavy atom. The van der Waals surface area contributed by atoms with Gasteiger partial charge in [-0.2, -0.15) is 0 Å². The number of likely N-dealkylation sites (tertiary alicyclic amines) is 1. The van der Waals surface area contributed by atoms with Gasteiger partial charge < -0.3 is 10.6 Å². The van der Waals surface area contributed by atoms with Crippen LogP contribution >= 0.6 is 11.3 Å². The van der Waals surface area contributed by atoms with Crippen molar-refractivity contribution in [3.8, 4) is 0 Å². The molecule has 1 aromatic heterocycles. The fraction of sp³-hybridized carbons (Fsp3) is 0.706. The minimum absolute atomic E-state index is 0.190. The highest BCUT2D eigenvalue weighted by atomic mass is 32.2. The van der Waals surface area contributed by atoms with Crippen molar-refractivity contribution in [2.45, 2.75) is 25.3 Å². The quantitative estimate of drug-likeness (QED) is 0.574. The number of nitrogens with one attached hydrogen (secondary N) is 2. The van der Waals surface area contributed by atoms with E-state index in [-0.39, 0.29) is 5.92 Å². The smallest absolute Gasteiger partial charge is 0.191 e. The van der Waals surface area contributed by atoms with E-state index < -0.39 is 9.84 Å². The number of sulfone groups is 1. The van der Waals surface area contributed by atoms with Gasteiger partial charge in [0.2, 0.25) is 0 Å². The largest absolute Gasteiger partial charge is 0.356 e. The highest BCUT2D eigenvalue weighted by Crippen LogP contribution is 2.27. The Morgan fingerprint density at radius 3 is 2.80 bits per heavy atom. The van der Waals surface area contributed by atoms with Gasteiger partial charge in [-0.1, -0.05) is 6.07 Å². The van der Waals surface area contributed by atoms with Crippen LogP contribution in [0.15, 0.2) is 22.5 Å². The second kappa shape index (κ2) is 8.51. The Hall–Kier alpha value is -1.12. The van der Waals surface area contributed by atoms with E-state index in [1.54, 1.807) is 18.4 Å². The number of nitrogens with zero attached hydrogens (tertiary/aromatic N) is 2. The van der Waals surface area contributed by atoms with Crippen LogP contribution in [0.25, 0.3) is 0 Å². The lowest BCUT2D eigenvalue weighted by molar-refractivity contribution is 0.249. The number of aliphatic imine (C=N–C) groups is 1. The summed E-state index contributed by atoms with van der Waals surface area (Å²) >= 11 is 1.80. The van der Waals surface area contributed by atoms with Crippen LogP contribution in [-0.4, -0.2) is 64.0 Å². The molecule has 1 aromatic rings. The van der Waals surface area contributed by atoms with Gasteiger partial charge in [0, 0.05) is 25.0 Å². The van der Waals surface area contributed by atoms with Crippen molar-refractivity contribution in [2.75, 3.05) is 44.7 Å². The number of hydrogen-bond acceptors (Lipinski definition) is 5. The maximum absolute atomic E-state index is 11.6. The number of hydrogen-bond donors (Lipinski definition) is 2. The average Bonchev–Trinajstić information content (AvgIpc) is 3.33. The lowest BCUT2D eigenvalue weighted by atomic mass is 10.1. The third kappa shape index (κ3) is 5.18. The summed E-state index contributed by atoms with van der Waals surface area (Å²) in [6.07, 6.45) is 3.29. The maximum atomic E-state index is 11.6. The summed E-state index contributed by atoms with van der Waals surface area (Å²) in [4.78, 5) is 8.21. The topological polar surface area (TPSA) is 73.8 Å². The zero-order valence-corrected chi connectivity index (χ0v) is 16.4. The van der Waals surface area contributed by atoms with E-state index in [1.807, 2.05) is 0 Å². The van der Waals surface area contributed by atoms with Gasteiger partial charge in [0.25, 0.3) is 0 Å². The number of thiophene rings is 1. The molecule has 0 aliphatic carbocycles. The molecule has 25 heavy (non-hydrogen) atoms. The molecule has 6 nitrogen and oxygen atoms in total. The highest BCUT2D eigenvalue weighted by Gasteiger charge is 2.28. The molecule has 2 unspecified atom stereocenters. The molecule has 0 amide bonds. The first-order valence-corrected chi connectivity index (χ1v) is 11.7. The standard InChI is InChI=1S/C17H28N4O2S2/c1-18-17(19-11-14-6-10-25(22,23)13-14)20-12-15(16-5-4-9-24-16)21-7-2-3-8-21/h4-5,9,14-15H,2-3,6-8,10-13H2,1H3,(H2,18,19,20). The predicted octanol–water partition coefficient (Wildman–Crippen LogP) is 1.48. The normalized spacial score (nSPS) is 25.2. The fourth-order valence-electron chi connectivity index (χ4n) is 3.63. The number of rotatable bonds is 6. The van der Waals surface area contributed by atoms with Crippen LogP contribution in [0.4, 0.5) is 0 Å². The van der Waals surface area contributed by atoms with Gasteiger partial charge in [0.1, 0.15) is 0 Å². The van der Waals surface area contributed by atoms with Gasteiger partial charge in [0.15, 0.2) is 15.8 Å². The van der Waals surface area contributed by atoms with Crippen LogP contribution in [0.2, 0.25) is 0 Å². The molecule has 0 radical (unpaired) electrons. The maximum Gasteiger partial charge on any atom is 0.191 e. The van der Waals surface area contributed by atoms with E-state index in [2.05, 4.69) is 38.0 Å². The van der Waals surface area contributed by atoms with E-state index in [9.17, 15) is 8.42 Å². The first-order valence-electron chi connectivity index (χ1n) is 9.00. The summed E-state index contributed by atoms with van der Waals surface area (Å²) in [5.74, 6) is 1.56. The summed E-state index contributed by atoms with van der Waals surface area (Å²) in [6.45, 7) is 3.77. The van der Waals surface area contributed by atoms with Gasteiger partial charge in [0.05, 0.1) is 17.5 Å². The molecule has 0 aromatic carbocycles. The molecule has 8 heteroatoms. The molecule has 0 bridgehead atoms. The SMILES string of the molecule is CN=C(NCC1CCS(=O)(=O)C1)NCC(c1cccs1)N1CCCC1. The van der Waals surface area contributed by atoms with Crippen molar-refractivity contribution in [2.24, 2.45) is 10.9 Å². The molecule has 2 aliphatic rings. The van der Waals surface area contributed by atoms with E-state index in [0.29, 0.717) is 24.1 Å². The summed E-state index contributed by atoms with van der Waals surface area (Å²) in [6, 6.07) is 4.68. The molecular formula is C17H28N4O2S2. The van der Waals surface area contributed by atoms with Crippen molar-refractivity contribution in [3.63, 3.8) is 0 Å². The third-order valence-corrected chi connectivity index (χ3v) is 7.83. The molecule has 2 saturated heterocycles. The molecule has 2 atom stereocenters. The minimum atomic E-state index is -2.82. The van der Waals surface area contributed by atoms with Crippen LogP contribution in [0, 0.1) is 5.92 Å².